The summed E-state index contributed by atoms with van der Waals surface area (Å²) in [7, 11) is 0. The van der Waals surface area contributed by atoms with Gasteiger partial charge in [0.05, 0.1) is 31.1 Å². The van der Waals surface area contributed by atoms with Gasteiger partial charge in [0.1, 0.15) is 18.1 Å². The van der Waals surface area contributed by atoms with E-state index < -0.39 is 11.9 Å². The van der Waals surface area contributed by atoms with E-state index in [1.165, 1.54) is 31.2 Å². The number of aromatic carboxylic acids is 1. The smallest absolute Gasteiger partial charge is 1.00 e. The molecule has 1 amide bonds. The van der Waals surface area contributed by atoms with Crippen molar-refractivity contribution in [3.05, 3.63) is 53.1 Å². The molecule has 0 aromatic heterocycles. The molecule has 9 nitrogen and oxygen atoms in total. The van der Waals surface area contributed by atoms with Gasteiger partial charge in [0, 0.05) is 30.8 Å². The van der Waals surface area contributed by atoms with Crippen molar-refractivity contribution < 1.29 is 86.5 Å². The Kier molecular flexibility index (Phi) is 11.7. The molecule has 0 atom stereocenters. The number of nitrogens with one attached hydrogen (secondary N) is 1. The molecule has 0 radical (unpaired) electrons. The molecule has 1 heterocycles. The van der Waals surface area contributed by atoms with Crippen LogP contribution in [0.5, 0.6) is 11.5 Å². The number of amides is 1. The summed E-state index contributed by atoms with van der Waals surface area (Å²) >= 11 is 0. The zero-order valence-corrected chi connectivity index (χ0v) is 22.9. The number of hydrogen-bond acceptors (Lipinski definition) is 7. The minimum Gasteiger partial charge on any atom is -1.00 e. The molecule has 0 unspecified atom stereocenters. The SMILES string of the molecule is CCOc1ccc(C(C)=O)cc1NC(=O)c1cc(OCCN2CCOCC2)cc(C(=O)O)c1.[H-].[K+]. The third-order valence-corrected chi connectivity index (χ3v) is 5.13. The average molecular weight is 497 g/mol. The van der Waals surface area contributed by atoms with Crippen LogP contribution in [0.1, 0.15) is 46.3 Å². The molecule has 34 heavy (non-hydrogen) atoms. The second kappa shape index (κ2) is 13.9. The molecule has 0 spiro atoms. The van der Waals surface area contributed by atoms with E-state index in [1.807, 2.05) is 0 Å². The van der Waals surface area contributed by atoms with Gasteiger partial charge in [0.2, 0.25) is 0 Å². The molecular formula is C24H29KN2O7. The standard InChI is InChI=1S/C24H28N2O7.K.H/c1-3-32-22-5-4-17(16(2)27)15-21(22)25-23(28)18-12-19(24(29)30)14-20(13-18)33-11-8-26-6-9-31-10-7-26;;/h4-5,12-15H,3,6-11H2,1-2H3,(H,25,28)(H,29,30);;/q;+1;-1. The molecule has 2 aromatic carbocycles. The van der Waals surface area contributed by atoms with Crippen LogP contribution in [-0.4, -0.2) is 73.7 Å². The number of rotatable bonds is 10. The molecule has 0 aliphatic carbocycles. The van der Waals surface area contributed by atoms with Crippen LogP contribution in [-0.2, 0) is 4.74 Å². The molecule has 3 rings (SSSR count). The van der Waals surface area contributed by atoms with Crippen molar-refractivity contribution in [2.45, 2.75) is 13.8 Å². The summed E-state index contributed by atoms with van der Waals surface area (Å²) in [5, 5.41) is 12.2. The first-order valence-electron chi connectivity index (χ1n) is 10.8. The molecule has 1 aliphatic rings. The number of carbonyl (C=O) groups is 3. The third kappa shape index (κ3) is 8.16. The summed E-state index contributed by atoms with van der Waals surface area (Å²) in [4.78, 5) is 38.5. The Morgan fingerprint density at radius 2 is 1.76 bits per heavy atom. The van der Waals surface area contributed by atoms with Crippen molar-refractivity contribution in [3.63, 3.8) is 0 Å². The van der Waals surface area contributed by atoms with Gasteiger partial charge in [-0.15, -0.1) is 0 Å². The fraction of sp³-hybridized carbons (Fsp3) is 0.375. The Bertz CT molecular complexity index is 1030. The number of ketones is 1. The Morgan fingerprint density at radius 3 is 2.41 bits per heavy atom. The zero-order valence-electron chi connectivity index (χ0n) is 20.8. The average Bonchev–Trinajstić information content (AvgIpc) is 2.80. The van der Waals surface area contributed by atoms with Crippen molar-refractivity contribution in [2.75, 3.05) is 51.4 Å². The number of hydrogen-bond donors (Lipinski definition) is 2. The van der Waals surface area contributed by atoms with E-state index in [0.29, 0.717) is 50.0 Å². The molecule has 0 saturated carbocycles. The number of ether oxygens (including phenoxy) is 3. The first-order chi connectivity index (χ1) is 15.9. The van der Waals surface area contributed by atoms with E-state index in [-0.39, 0.29) is 75.5 Å². The zero-order chi connectivity index (χ0) is 23.8. The number of morpholine rings is 1. The largest absolute Gasteiger partial charge is 1.00 e. The van der Waals surface area contributed by atoms with E-state index in [0.717, 1.165) is 13.1 Å². The second-order valence-electron chi connectivity index (χ2n) is 7.51. The van der Waals surface area contributed by atoms with Crippen LogP contribution >= 0.6 is 0 Å². The van der Waals surface area contributed by atoms with Crippen molar-refractivity contribution >= 4 is 23.3 Å². The first kappa shape index (κ1) is 28.4. The molecule has 0 bridgehead atoms. The van der Waals surface area contributed by atoms with Crippen LogP contribution in [0.2, 0.25) is 0 Å². The minimum atomic E-state index is -1.17. The van der Waals surface area contributed by atoms with E-state index >= 15 is 0 Å². The molecule has 1 fully saturated rings. The van der Waals surface area contributed by atoms with E-state index in [2.05, 4.69) is 10.2 Å². The van der Waals surface area contributed by atoms with Crippen molar-refractivity contribution in [1.82, 2.24) is 4.90 Å². The Labute approximate surface area is 242 Å². The maximum atomic E-state index is 13.0. The van der Waals surface area contributed by atoms with Gasteiger partial charge in [0.25, 0.3) is 5.91 Å². The fourth-order valence-corrected chi connectivity index (χ4v) is 3.38. The monoisotopic (exact) mass is 496 g/mol. The van der Waals surface area contributed by atoms with Crippen molar-refractivity contribution in [2.24, 2.45) is 0 Å². The van der Waals surface area contributed by atoms with Gasteiger partial charge < -0.3 is 26.1 Å². The molecule has 10 heteroatoms. The fourth-order valence-electron chi connectivity index (χ4n) is 3.38. The van der Waals surface area contributed by atoms with Gasteiger partial charge in [-0.05, 0) is 50.2 Å². The van der Waals surface area contributed by atoms with Gasteiger partial charge in [0.15, 0.2) is 5.78 Å². The second-order valence-corrected chi connectivity index (χ2v) is 7.51. The summed E-state index contributed by atoms with van der Waals surface area (Å²) in [6.45, 7) is 7.59. The van der Waals surface area contributed by atoms with E-state index in [1.54, 1.807) is 19.1 Å². The Hall–Kier alpha value is -1.79. The van der Waals surface area contributed by atoms with Crippen LogP contribution in [0, 0.1) is 0 Å². The maximum absolute atomic E-state index is 13.0. The number of carboxylic acids is 1. The Morgan fingerprint density at radius 1 is 1.06 bits per heavy atom. The number of anilines is 1. The van der Waals surface area contributed by atoms with E-state index in [9.17, 15) is 19.5 Å². The third-order valence-electron chi connectivity index (χ3n) is 5.13. The van der Waals surface area contributed by atoms with Gasteiger partial charge in [-0.2, -0.15) is 0 Å². The van der Waals surface area contributed by atoms with Gasteiger partial charge >= 0.3 is 57.4 Å². The normalized spacial score (nSPS) is 13.5. The number of carboxylic acid groups (broad SMARTS) is 1. The molecular weight excluding hydrogens is 467 g/mol. The number of Topliss-reactive ketones (excluding diaryl/α,β-unsaturated/α-hetero) is 1. The molecule has 2 N–H and O–H groups in total. The summed E-state index contributed by atoms with van der Waals surface area (Å²) in [6, 6.07) is 8.93. The Balaban J connectivity index is 0.00000306. The van der Waals surface area contributed by atoms with Crippen LogP contribution in [0.25, 0.3) is 0 Å². The number of benzene rings is 2. The predicted molar refractivity (Wildman–Crippen MR) is 123 cm³/mol. The van der Waals surface area contributed by atoms with Gasteiger partial charge in [-0.3, -0.25) is 14.5 Å². The van der Waals surface area contributed by atoms with Crippen LogP contribution in [0.3, 0.4) is 0 Å². The number of nitrogens with zero attached hydrogens (tertiary/aromatic N) is 1. The minimum absolute atomic E-state index is 0. The topological polar surface area (TPSA) is 114 Å². The maximum Gasteiger partial charge on any atom is 1.00 e. The van der Waals surface area contributed by atoms with Gasteiger partial charge in [-0.25, -0.2) is 4.79 Å². The quantitative estimate of drug-likeness (QED) is 0.351. The number of carbonyl (C=O) groups excluding carboxylic acids is 2. The van der Waals surface area contributed by atoms with Crippen LogP contribution in [0.15, 0.2) is 36.4 Å². The predicted octanol–water partition coefficient (Wildman–Crippen LogP) is 0.0659. The van der Waals surface area contributed by atoms with Gasteiger partial charge in [-0.1, -0.05) is 0 Å². The van der Waals surface area contributed by atoms with E-state index in [4.69, 9.17) is 14.2 Å². The molecule has 2 aromatic rings. The van der Waals surface area contributed by atoms with Crippen molar-refractivity contribution in [1.29, 1.82) is 0 Å². The molecule has 1 saturated heterocycles. The molecule has 1 aliphatic heterocycles. The van der Waals surface area contributed by atoms with Crippen molar-refractivity contribution in [3.8, 4) is 11.5 Å². The van der Waals surface area contributed by atoms with Crippen LogP contribution in [0.4, 0.5) is 5.69 Å². The first-order valence-corrected chi connectivity index (χ1v) is 10.8. The summed E-state index contributed by atoms with van der Waals surface area (Å²) in [5.74, 6) is -1.17. The summed E-state index contributed by atoms with van der Waals surface area (Å²) in [6.07, 6.45) is 0. The summed E-state index contributed by atoms with van der Waals surface area (Å²) in [5.41, 5.74) is 0.795. The summed E-state index contributed by atoms with van der Waals surface area (Å²) < 4.78 is 16.6. The van der Waals surface area contributed by atoms with Crippen LogP contribution < -0.4 is 66.2 Å². The molecule has 178 valence electrons.